The molecule has 8 heteroatoms. The molecule has 2 unspecified atom stereocenters. The van der Waals surface area contributed by atoms with Gasteiger partial charge >= 0.3 is 15.3 Å². The highest BCUT2D eigenvalue weighted by molar-refractivity contribution is 8.12. The lowest BCUT2D eigenvalue weighted by atomic mass is 10.0. The summed E-state index contributed by atoms with van der Waals surface area (Å²) in [5, 5.41) is 0. The molecule has 1 fully saturated rings. The van der Waals surface area contributed by atoms with E-state index in [-0.39, 0.29) is 18.3 Å². The number of hydrogen-bond donors (Lipinski definition) is 1. The summed E-state index contributed by atoms with van der Waals surface area (Å²) in [6, 6.07) is 0. The SMILES string of the molecule is CC1CC(OC(=O)NS(=O)(=O)Cl)CC(C)O1. The summed E-state index contributed by atoms with van der Waals surface area (Å²) in [6.45, 7) is 3.73. The maximum absolute atomic E-state index is 11.1. The first-order valence-electron chi connectivity index (χ1n) is 4.84. The molecule has 1 aliphatic heterocycles. The van der Waals surface area contributed by atoms with Crippen LogP contribution in [0.4, 0.5) is 4.79 Å². The van der Waals surface area contributed by atoms with Gasteiger partial charge in [0.05, 0.1) is 12.2 Å². The number of hydrogen-bond acceptors (Lipinski definition) is 5. The quantitative estimate of drug-likeness (QED) is 0.762. The number of carbonyl (C=O) groups excluding carboxylic acids is 1. The highest BCUT2D eigenvalue weighted by Crippen LogP contribution is 2.21. The number of carbonyl (C=O) groups is 1. The van der Waals surface area contributed by atoms with Gasteiger partial charge in [-0.05, 0) is 13.8 Å². The maximum Gasteiger partial charge on any atom is 0.422 e. The molecule has 0 saturated carbocycles. The van der Waals surface area contributed by atoms with Crippen molar-refractivity contribution in [3.05, 3.63) is 0 Å². The van der Waals surface area contributed by atoms with Gasteiger partial charge in [-0.25, -0.2) is 9.52 Å². The molecule has 0 aromatic carbocycles. The Morgan fingerprint density at radius 2 is 1.88 bits per heavy atom. The minimum absolute atomic E-state index is 0.0193. The Morgan fingerprint density at radius 3 is 2.31 bits per heavy atom. The van der Waals surface area contributed by atoms with Crippen molar-refractivity contribution in [3.63, 3.8) is 0 Å². The van der Waals surface area contributed by atoms with Crippen LogP contribution in [0.5, 0.6) is 0 Å². The molecule has 0 spiro atoms. The molecule has 0 radical (unpaired) electrons. The Balaban J connectivity index is 2.45. The zero-order valence-electron chi connectivity index (χ0n) is 8.97. The number of nitrogens with one attached hydrogen (secondary N) is 1. The van der Waals surface area contributed by atoms with Crippen LogP contribution in [0.25, 0.3) is 0 Å². The average molecular weight is 272 g/mol. The van der Waals surface area contributed by atoms with Crippen molar-refractivity contribution >= 4 is 26.0 Å². The number of ether oxygens (including phenoxy) is 2. The lowest BCUT2D eigenvalue weighted by Crippen LogP contribution is -2.38. The van der Waals surface area contributed by atoms with Gasteiger partial charge in [0, 0.05) is 23.5 Å². The van der Waals surface area contributed by atoms with Crippen molar-refractivity contribution in [1.82, 2.24) is 4.72 Å². The van der Waals surface area contributed by atoms with Gasteiger partial charge in [0.15, 0.2) is 0 Å². The van der Waals surface area contributed by atoms with Gasteiger partial charge in [-0.15, -0.1) is 0 Å². The molecular weight excluding hydrogens is 258 g/mol. The van der Waals surface area contributed by atoms with Crippen LogP contribution < -0.4 is 4.72 Å². The molecule has 1 rings (SSSR count). The van der Waals surface area contributed by atoms with E-state index in [0.29, 0.717) is 12.8 Å². The zero-order chi connectivity index (χ0) is 12.3. The predicted molar refractivity (Wildman–Crippen MR) is 57.4 cm³/mol. The molecule has 0 aliphatic carbocycles. The first kappa shape index (κ1) is 13.5. The van der Waals surface area contributed by atoms with Crippen LogP contribution in [-0.4, -0.2) is 32.8 Å². The molecule has 0 aromatic heterocycles. The molecule has 1 aliphatic rings. The maximum atomic E-state index is 11.1. The van der Waals surface area contributed by atoms with Gasteiger partial charge < -0.3 is 9.47 Å². The van der Waals surface area contributed by atoms with Gasteiger partial charge in [0.1, 0.15) is 6.10 Å². The lowest BCUT2D eigenvalue weighted by molar-refractivity contribution is -0.0812. The van der Waals surface area contributed by atoms with E-state index in [9.17, 15) is 13.2 Å². The van der Waals surface area contributed by atoms with E-state index in [1.807, 2.05) is 13.8 Å². The fraction of sp³-hybridized carbons (Fsp3) is 0.875. The molecule has 1 N–H and O–H groups in total. The number of amides is 1. The van der Waals surface area contributed by atoms with E-state index < -0.39 is 15.3 Å². The Morgan fingerprint density at radius 1 is 1.38 bits per heavy atom. The summed E-state index contributed by atoms with van der Waals surface area (Å²) in [4.78, 5) is 11.1. The van der Waals surface area contributed by atoms with Crippen LogP contribution in [0.1, 0.15) is 26.7 Å². The van der Waals surface area contributed by atoms with Crippen LogP contribution in [0.2, 0.25) is 0 Å². The highest BCUT2D eigenvalue weighted by Gasteiger charge is 2.28. The van der Waals surface area contributed by atoms with Crippen molar-refractivity contribution in [1.29, 1.82) is 0 Å². The summed E-state index contributed by atoms with van der Waals surface area (Å²) in [7, 11) is 0.754. The van der Waals surface area contributed by atoms with Gasteiger partial charge in [0.2, 0.25) is 0 Å². The third kappa shape index (κ3) is 5.00. The molecule has 94 valence electrons. The molecule has 16 heavy (non-hydrogen) atoms. The number of halogens is 1. The predicted octanol–water partition coefficient (Wildman–Crippen LogP) is 1.15. The summed E-state index contributed by atoms with van der Waals surface area (Å²) in [6.07, 6.45) is -0.359. The molecule has 0 aromatic rings. The Hall–Kier alpha value is -0.530. The topological polar surface area (TPSA) is 81.7 Å². The average Bonchev–Trinajstić information content (AvgIpc) is 1.96. The second-order valence-electron chi connectivity index (χ2n) is 3.80. The monoisotopic (exact) mass is 271 g/mol. The molecule has 1 heterocycles. The molecular formula is C8H14ClNO5S. The van der Waals surface area contributed by atoms with Crippen molar-refractivity contribution < 1.29 is 22.7 Å². The van der Waals surface area contributed by atoms with Gasteiger partial charge in [-0.2, -0.15) is 8.42 Å². The smallest absolute Gasteiger partial charge is 0.422 e. The molecule has 1 saturated heterocycles. The van der Waals surface area contributed by atoms with Crippen LogP contribution in [0, 0.1) is 0 Å². The minimum Gasteiger partial charge on any atom is -0.445 e. The summed E-state index contributed by atoms with van der Waals surface area (Å²) >= 11 is 0. The zero-order valence-corrected chi connectivity index (χ0v) is 10.5. The first-order chi connectivity index (χ1) is 7.26. The van der Waals surface area contributed by atoms with E-state index in [4.69, 9.17) is 20.2 Å². The normalized spacial score (nSPS) is 30.8. The third-order valence-electron chi connectivity index (χ3n) is 2.13. The van der Waals surface area contributed by atoms with Crippen molar-refractivity contribution in [2.45, 2.75) is 45.0 Å². The Labute approximate surface area is 98.8 Å². The van der Waals surface area contributed by atoms with Gasteiger partial charge in [-0.1, -0.05) is 0 Å². The second-order valence-corrected chi connectivity index (χ2v) is 6.09. The second kappa shape index (κ2) is 5.20. The van der Waals surface area contributed by atoms with Gasteiger partial charge in [-0.3, -0.25) is 0 Å². The molecule has 1 amide bonds. The van der Waals surface area contributed by atoms with Crippen molar-refractivity contribution in [2.75, 3.05) is 0 Å². The van der Waals surface area contributed by atoms with Crippen molar-refractivity contribution in [2.24, 2.45) is 0 Å². The summed E-state index contributed by atoms with van der Waals surface area (Å²) < 4.78 is 33.0. The van der Waals surface area contributed by atoms with Crippen LogP contribution in [-0.2, 0) is 18.7 Å². The fourth-order valence-corrected chi connectivity index (χ4v) is 2.15. The molecule has 2 atom stereocenters. The molecule has 6 nitrogen and oxygen atoms in total. The minimum atomic E-state index is -4.08. The van der Waals surface area contributed by atoms with Crippen LogP contribution in [0.15, 0.2) is 0 Å². The van der Waals surface area contributed by atoms with Gasteiger partial charge in [0.25, 0.3) is 0 Å². The first-order valence-corrected chi connectivity index (χ1v) is 7.15. The summed E-state index contributed by atoms with van der Waals surface area (Å²) in [5.41, 5.74) is 0. The van der Waals surface area contributed by atoms with E-state index in [2.05, 4.69) is 0 Å². The van der Waals surface area contributed by atoms with E-state index in [1.165, 1.54) is 4.72 Å². The van der Waals surface area contributed by atoms with E-state index in [0.717, 1.165) is 0 Å². The van der Waals surface area contributed by atoms with Crippen LogP contribution in [0.3, 0.4) is 0 Å². The van der Waals surface area contributed by atoms with Crippen LogP contribution >= 0.6 is 10.7 Å². The van der Waals surface area contributed by atoms with E-state index in [1.54, 1.807) is 0 Å². The molecule has 0 bridgehead atoms. The standard InChI is InChI=1S/C8H14ClNO5S/c1-5-3-7(4-6(2)14-5)15-8(11)10-16(9,12)13/h5-7H,3-4H2,1-2H3,(H,10,11). The Bertz CT molecular complexity index is 347. The van der Waals surface area contributed by atoms with Crippen molar-refractivity contribution in [3.8, 4) is 0 Å². The number of rotatable bonds is 2. The lowest BCUT2D eigenvalue weighted by Gasteiger charge is -2.31. The summed E-state index contributed by atoms with van der Waals surface area (Å²) in [5.74, 6) is 0. The highest BCUT2D eigenvalue weighted by atomic mass is 35.7. The Kier molecular flexibility index (Phi) is 4.40. The van der Waals surface area contributed by atoms with E-state index >= 15 is 0 Å². The largest absolute Gasteiger partial charge is 0.445 e. The third-order valence-corrected chi connectivity index (χ3v) is 2.78. The fourth-order valence-electron chi connectivity index (χ4n) is 1.72.